The number of hydrogen-bond acceptors (Lipinski definition) is 5. The predicted octanol–water partition coefficient (Wildman–Crippen LogP) is 2.36. The van der Waals surface area contributed by atoms with E-state index < -0.39 is 9.84 Å². The van der Waals surface area contributed by atoms with Crippen LogP contribution in [0.2, 0.25) is 0 Å². The molecule has 0 saturated carbocycles. The molecular weight excluding hydrogens is 316 g/mol. The van der Waals surface area contributed by atoms with Crippen LogP contribution in [0.25, 0.3) is 0 Å². The second kappa shape index (κ2) is 4.89. The first kappa shape index (κ1) is 14.4. The van der Waals surface area contributed by atoms with Crippen LogP contribution in [0.4, 0.5) is 0 Å². The van der Waals surface area contributed by atoms with Crippen LogP contribution in [0.1, 0.15) is 23.1 Å². The molecule has 5 nitrogen and oxygen atoms in total. The van der Waals surface area contributed by atoms with E-state index in [4.69, 9.17) is 4.74 Å². The Hall–Kier alpha value is -2.21. The Morgan fingerprint density at radius 1 is 0.957 bits per heavy atom. The van der Waals surface area contributed by atoms with Gasteiger partial charge in [-0.2, -0.15) is 0 Å². The van der Waals surface area contributed by atoms with Crippen molar-refractivity contribution in [1.82, 2.24) is 0 Å². The van der Waals surface area contributed by atoms with Crippen molar-refractivity contribution in [2.24, 2.45) is 5.92 Å². The van der Waals surface area contributed by atoms with E-state index in [1.54, 1.807) is 36.4 Å². The van der Waals surface area contributed by atoms with Crippen molar-refractivity contribution in [1.29, 1.82) is 0 Å². The first-order valence-corrected chi connectivity index (χ1v) is 9.24. The molecule has 1 saturated heterocycles. The third-order valence-corrected chi connectivity index (χ3v) is 6.41. The third kappa shape index (κ3) is 2.43. The number of sulfone groups is 1. The van der Waals surface area contributed by atoms with Crippen LogP contribution in [0.15, 0.2) is 42.5 Å². The van der Waals surface area contributed by atoms with Crippen molar-refractivity contribution in [2.75, 3.05) is 11.5 Å². The molecule has 0 spiro atoms. The molecule has 2 N–H and O–H groups in total. The number of ether oxygens (including phenoxy) is 1. The molecule has 2 aromatic rings. The van der Waals surface area contributed by atoms with E-state index in [2.05, 4.69) is 0 Å². The summed E-state index contributed by atoms with van der Waals surface area (Å²) in [6.45, 7) is 0. The van der Waals surface area contributed by atoms with Crippen molar-refractivity contribution in [3.8, 4) is 17.2 Å². The molecule has 1 fully saturated rings. The molecule has 120 valence electrons. The third-order valence-electron chi connectivity index (χ3n) is 4.65. The highest BCUT2D eigenvalue weighted by atomic mass is 32.2. The van der Waals surface area contributed by atoms with Crippen LogP contribution in [-0.4, -0.2) is 30.1 Å². The molecule has 4 rings (SSSR count). The fourth-order valence-electron chi connectivity index (χ4n) is 3.63. The molecule has 2 aliphatic heterocycles. The van der Waals surface area contributed by atoms with Gasteiger partial charge in [0.1, 0.15) is 23.4 Å². The average molecular weight is 332 g/mol. The topological polar surface area (TPSA) is 83.8 Å². The van der Waals surface area contributed by atoms with E-state index in [1.807, 2.05) is 0 Å². The van der Waals surface area contributed by atoms with Gasteiger partial charge in [-0.1, -0.05) is 12.1 Å². The summed E-state index contributed by atoms with van der Waals surface area (Å²) in [4.78, 5) is 0. The van der Waals surface area contributed by atoms with Crippen molar-refractivity contribution in [2.45, 2.75) is 12.0 Å². The Morgan fingerprint density at radius 2 is 1.65 bits per heavy atom. The molecule has 0 bridgehead atoms. The molecule has 0 aromatic heterocycles. The summed E-state index contributed by atoms with van der Waals surface area (Å²) >= 11 is 0. The zero-order valence-corrected chi connectivity index (χ0v) is 13.0. The molecule has 2 aliphatic rings. The molecule has 2 heterocycles. The quantitative estimate of drug-likeness (QED) is 0.837. The van der Waals surface area contributed by atoms with Crippen LogP contribution in [0, 0.1) is 5.92 Å². The summed E-state index contributed by atoms with van der Waals surface area (Å²) < 4.78 is 30.4. The minimum Gasteiger partial charge on any atom is -0.508 e. The number of phenols is 2. The molecule has 0 unspecified atom stereocenters. The van der Waals surface area contributed by atoms with Gasteiger partial charge in [0.2, 0.25) is 0 Å². The lowest BCUT2D eigenvalue weighted by Gasteiger charge is -2.35. The Labute approximate surface area is 134 Å². The molecule has 6 heteroatoms. The molecule has 23 heavy (non-hydrogen) atoms. The van der Waals surface area contributed by atoms with Gasteiger partial charge in [0.25, 0.3) is 0 Å². The monoisotopic (exact) mass is 332 g/mol. The maximum atomic E-state index is 12.2. The Bertz CT molecular complexity index is 857. The Kier molecular flexibility index (Phi) is 3.06. The van der Waals surface area contributed by atoms with E-state index in [1.165, 1.54) is 6.07 Å². The highest BCUT2D eigenvalue weighted by Gasteiger charge is 2.48. The normalized spacial score (nSPS) is 27.7. The Balaban J connectivity index is 1.83. The first-order valence-electron chi connectivity index (χ1n) is 7.42. The average Bonchev–Trinajstić information content (AvgIpc) is 2.83. The van der Waals surface area contributed by atoms with Gasteiger partial charge in [0.15, 0.2) is 9.84 Å². The fraction of sp³-hybridized carbons (Fsp3) is 0.294. The summed E-state index contributed by atoms with van der Waals surface area (Å²) in [6, 6.07) is 11.5. The van der Waals surface area contributed by atoms with Crippen LogP contribution in [-0.2, 0) is 9.84 Å². The molecular formula is C17H16O5S. The second-order valence-electron chi connectivity index (χ2n) is 6.20. The van der Waals surface area contributed by atoms with E-state index in [0.717, 1.165) is 11.1 Å². The maximum Gasteiger partial charge on any atom is 0.151 e. The molecule has 3 atom stereocenters. The largest absolute Gasteiger partial charge is 0.508 e. The Morgan fingerprint density at radius 3 is 2.39 bits per heavy atom. The minimum absolute atomic E-state index is 0.0678. The molecule has 0 radical (unpaired) electrons. The van der Waals surface area contributed by atoms with Gasteiger partial charge in [0, 0.05) is 17.4 Å². The molecule has 0 amide bonds. The molecule has 2 aromatic carbocycles. The number of hydrogen-bond donors (Lipinski definition) is 2. The maximum absolute atomic E-state index is 12.2. The van der Waals surface area contributed by atoms with E-state index in [-0.39, 0.29) is 40.9 Å². The van der Waals surface area contributed by atoms with E-state index >= 15 is 0 Å². The summed E-state index contributed by atoms with van der Waals surface area (Å²) in [5.41, 5.74) is 1.60. The van der Waals surface area contributed by atoms with Gasteiger partial charge >= 0.3 is 0 Å². The molecule has 0 aliphatic carbocycles. The lowest BCUT2D eigenvalue weighted by molar-refractivity contribution is 0.114. The number of benzene rings is 2. The number of phenolic OH excluding ortho intramolecular Hbond substituents is 2. The van der Waals surface area contributed by atoms with Gasteiger partial charge in [-0.05, 0) is 35.9 Å². The summed E-state index contributed by atoms with van der Waals surface area (Å²) in [7, 11) is -3.14. The zero-order chi connectivity index (χ0) is 16.2. The van der Waals surface area contributed by atoms with Crippen LogP contribution in [0.3, 0.4) is 0 Å². The van der Waals surface area contributed by atoms with Gasteiger partial charge in [0.05, 0.1) is 11.5 Å². The van der Waals surface area contributed by atoms with Gasteiger partial charge < -0.3 is 14.9 Å². The van der Waals surface area contributed by atoms with Crippen LogP contribution in [0.5, 0.6) is 17.2 Å². The number of rotatable bonds is 1. The summed E-state index contributed by atoms with van der Waals surface area (Å²) in [6.07, 6.45) is -0.380. The van der Waals surface area contributed by atoms with Crippen LogP contribution < -0.4 is 4.74 Å². The van der Waals surface area contributed by atoms with E-state index in [0.29, 0.717) is 5.75 Å². The van der Waals surface area contributed by atoms with Crippen molar-refractivity contribution < 1.29 is 23.4 Å². The smallest absolute Gasteiger partial charge is 0.151 e. The SMILES string of the molecule is O=S1(=O)C[C@@H]2[C@H](C1)c1cc(O)ccc1O[C@@H]2c1ccc(O)cc1. The minimum atomic E-state index is -3.14. The zero-order valence-electron chi connectivity index (χ0n) is 12.2. The van der Waals surface area contributed by atoms with Crippen molar-refractivity contribution in [3.63, 3.8) is 0 Å². The number of aromatic hydroxyl groups is 2. The second-order valence-corrected chi connectivity index (χ2v) is 8.35. The number of fused-ring (bicyclic) bond motifs is 3. The summed E-state index contributed by atoms with van der Waals surface area (Å²) in [5.74, 6) is 0.640. The summed E-state index contributed by atoms with van der Waals surface area (Å²) in [5, 5.41) is 19.2. The van der Waals surface area contributed by atoms with Gasteiger partial charge in [-0.3, -0.25) is 0 Å². The highest BCUT2D eigenvalue weighted by molar-refractivity contribution is 7.91. The fourth-order valence-corrected chi connectivity index (χ4v) is 5.73. The van der Waals surface area contributed by atoms with Crippen molar-refractivity contribution in [3.05, 3.63) is 53.6 Å². The standard InChI is InChI=1S/C17H16O5S/c18-11-3-1-10(2-4-11)17-15-9-23(20,21)8-14(15)13-7-12(19)5-6-16(13)22-17/h1-7,14-15,17-19H,8-9H2/t14-,15-,17-/m1/s1. The lowest BCUT2D eigenvalue weighted by atomic mass is 9.80. The first-order chi connectivity index (χ1) is 10.9. The lowest BCUT2D eigenvalue weighted by Crippen LogP contribution is -2.29. The highest BCUT2D eigenvalue weighted by Crippen LogP contribution is 2.51. The van der Waals surface area contributed by atoms with Gasteiger partial charge in [-0.25, -0.2) is 8.42 Å². The van der Waals surface area contributed by atoms with Crippen molar-refractivity contribution >= 4 is 9.84 Å². The van der Waals surface area contributed by atoms with Gasteiger partial charge in [-0.15, -0.1) is 0 Å². The van der Waals surface area contributed by atoms with E-state index in [9.17, 15) is 18.6 Å². The predicted molar refractivity (Wildman–Crippen MR) is 84.5 cm³/mol. The van der Waals surface area contributed by atoms with Crippen LogP contribution >= 0.6 is 0 Å².